The number of benzene rings is 1. The molecule has 1 aliphatic heterocycles. The molecule has 1 aromatic carbocycles. The summed E-state index contributed by atoms with van der Waals surface area (Å²) in [5.74, 6) is 0. The van der Waals surface area contributed by atoms with Crippen molar-refractivity contribution in [1.29, 1.82) is 0 Å². The van der Waals surface area contributed by atoms with Gasteiger partial charge in [-0.2, -0.15) is 5.43 Å². The summed E-state index contributed by atoms with van der Waals surface area (Å²) >= 11 is 1.23. The average Bonchev–Trinajstić information content (AvgIpc) is 2.71. The summed E-state index contributed by atoms with van der Waals surface area (Å²) in [5.41, 5.74) is 6.53. The van der Waals surface area contributed by atoms with E-state index in [1.54, 1.807) is 0 Å². The maximum atomic E-state index is 5.40. The second kappa shape index (κ2) is 3.73. The summed E-state index contributed by atoms with van der Waals surface area (Å²) in [5, 5.41) is 12.9. The molecule has 0 spiro atoms. The van der Waals surface area contributed by atoms with Crippen LogP contribution < -0.4 is 16.1 Å². The minimum absolute atomic E-state index is 0.0863. The Bertz CT molecular complexity index is 309. The second-order valence-electron chi connectivity index (χ2n) is 2.56. The van der Waals surface area contributed by atoms with E-state index in [-0.39, 0.29) is 6.17 Å². The fraction of sp³-hybridized carbons (Fsp3) is 0.143. The molecule has 0 saturated heterocycles. The second-order valence-corrected chi connectivity index (χ2v) is 3.27. The molecule has 1 aromatic rings. The van der Waals surface area contributed by atoms with Gasteiger partial charge in [0.1, 0.15) is 0 Å². The molecule has 0 amide bonds. The van der Waals surface area contributed by atoms with E-state index in [0.29, 0.717) is 0 Å². The highest BCUT2D eigenvalue weighted by atomic mass is 32.2. The zero-order chi connectivity index (χ0) is 9.10. The molecular formula is C7H9N5S. The first-order valence-corrected chi connectivity index (χ1v) is 4.65. The van der Waals surface area contributed by atoms with Crippen LogP contribution in [0.5, 0.6) is 0 Å². The molecule has 0 aromatic heterocycles. The number of nitrogens with two attached hydrogens (primary N) is 1. The minimum atomic E-state index is -0.0863. The first-order valence-electron chi connectivity index (χ1n) is 3.77. The summed E-state index contributed by atoms with van der Waals surface area (Å²) in [4.78, 5) is 1.03. The van der Waals surface area contributed by atoms with E-state index in [1.165, 1.54) is 11.9 Å². The van der Waals surface area contributed by atoms with Gasteiger partial charge in [0.2, 0.25) is 0 Å². The summed E-state index contributed by atoms with van der Waals surface area (Å²) in [6.07, 6.45) is -0.0863. The highest BCUT2D eigenvalue weighted by Crippen LogP contribution is 2.19. The van der Waals surface area contributed by atoms with Crippen LogP contribution in [0, 0.1) is 0 Å². The van der Waals surface area contributed by atoms with E-state index < -0.39 is 0 Å². The van der Waals surface area contributed by atoms with Gasteiger partial charge in [0.25, 0.3) is 0 Å². The first kappa shape index (κ1) is 8.49. The van der Waals surface area contributed by atoms with Crippen LogP contribution >= 0.6 is 11.9 Å². The highest BCUT2D eigenvalue weighted by molar-refractivity contribution is 7.97. The van der Waals surface area contributed by atoms with Gasteiger partial charge in [-0.25, -0.2) is 5.53 Å². The van der Waals surface area contributed by atoms with E-state index >= 15 is 0 Å². The van der Waals surface area contributed by atoms with E-state index in [1.807, 2.05) is 24.3 Å². The van der Waals surface area contributed by atoms with Crippen molar-refractivity contribution in [2.75, 3.05) is 0 Å². The van der Waals surface area contributed by atoms with Crippen molar-refractivity contribution in [2.45, 2.75) is 11.1 Å². The van der Waals surface area contributed by atoms with Gasteiger partial charge in [-0.15, -0.1) is 5.11 Å². The maximum Gasteiger partial charge on any atom is 0.166 e. The lowest BCUT2D eigenvalue weighted by molar-refractivity contribution is 0.552. The minimum Gasteiger partial charge on any atom is -0.274 e. The zero-order valence-corrected chi connectivity index (χ0v) is 7.58. The van der Waals surface area contributed by atoms with Crippen LogP contribution in [0.15, 0.2) is 39.5 Å². The van der Waals surface area contributed by atoms with Gasteiger partial charge in [0.05, 0.1) is 0 Å². The average molecular weight is 195 g/mol. The molecular weight excluding hydrogens is 186 g/mol. The van der Waals surface area contributed by atoms with Crippen LogP contribution in [0.4, 0.5) is 0 Å². The van der Waals surface area contributed by atoms with Crippen LogP contribution in [-0.4, -0.2) is 0 Å². The number of hydrazine groups is 1. The van der Waals surface area contributed by atoms with Crippen molar-refractivity contribution in [1.82, 2.24) is 11.0 Å². The number of nitrogens with zero attached hydrogens (tertiary/aromatic N) is 2. The monoisotopic (exact) mass is 195 g/mol. The Morgan fingerprint density at radius 1 is 1.31 bits per heavy atom. The lowest BCUT2D eigenvalue weighted by Crippen LogP contribution is -2.23. The number of hydrogen-bond acceptors (Lipinski definition) is 6. The van der Waals surface area contributed by atoms with Crippen molar-refractivity contribution >= 4 is 11.9 Å². The summed E-state index contributed by atoms with van der Waals surface area (Å²) in [6, 6.07) is 7.85. The third kappa shape index (κ3) is 1.80. The molecule has 0 radical (unpaired) electrons. The molecule has 4 N–H and O–H groups in total. The van der Waals surface area contributed by atoms with E-state index in [0.717, 1.165) is 10.5 Å². The van der Waals surface area contributed by atoms with E-state index in [4.69, 9.17) is 5.14 Å². The molecule has 2 rings (SSSR count). The third-order valence-electron chi connectivity index (χ3n) is 1.76. The van der Waals surface area contributed by atoms with Crippen molar-refractivity contribution in [3.8, 4) is 0 Å². The van der Waals surface area contributed by atoms with Gasteiger partial charge in [0, 0.05) is 4.90 Å². The molecule has 1 atom stereocenters. The summed E-state index contributed by atoms with van der Waals surface area (Å²) < 4.78 is 0. The van der Waals surface area contributed by atoms with Gasteiger partial charge >= 0.3 is 0 Å². The van der Waals surface area contributed by atoms with Gasteiger partial charge in [0.15, 0.2) is 6.17 Å². The van der Waals surface area contributed by atoms with Crippen LogP contribution in [0.3, 0.4) is 0 Å². The quantitative estimate of drug-likeness (QED) is 0.618. The van der Waals surface area contributed by atoms with Crippen LogP contribution in [0.2, 0.25) is 0 Å². The molecule has 1 unspecified atom stereocenters. The van der Waals surface area contributed by atoms with Crippen molar-refractivity contribution in [2.24, 2.45) is 15.5 Å². The van der Waals surface area contributed by atoms with Crippen LogP contribution in [0.25, 0.3) is 0 Å². The van der Waals surface area contributed by atoms with Crippen LogP contribution in [-0.2, 0) is 0 Å². The Morgan fingerprint density at radius 2 is 2.08 bits per heavy atom. The van der Waals surface area contributed by atoms with Gasteiger partial charge in [-0.3, -0.25) is 5.14 Å². The molecule has 0 bridgehead atoms. The molecule has 0 saturated carbocycles. The zero-order valence-electron chi connectivity index (χ0n) is 6.77. The predicted octanol–water partition coefficient (Wildman–Crippen LogP) is 1.13. The Hall–Kier alpha value is -1.11. The van der Waals surface area contributed by atoms with Gasteiger partial charge in [-0.05, 0) is 29.6 Å². The van der Waals surface area contributed by atoms with Gasteiger partial charge in [-0.1, -0.05) is 17.4 Å². The fourth-order valence-electron chi connectivity index (χ4n) is 1.08. The van der Waals surface area contributed by atoms with E-state index in [2.05, 4.69) is 21.3 Å². The molecule has 5 nitrogen and oxygen atoms in total. The number of hydrogen-bond donors (Lipinski definition) is 3. The largest absolute Gasteiger partial charge is 0.274 e. The number of rotatable bonds is 2. The molecule has 68 valence electrons. The Kier molecular flexibility index (Phi) is 2.44. The van der Waals surface area contributed by atoms with Crippen molar-refractivity contribution < 1.29 is 0 Å². The predicted molar refractivity (Wildman–Crippen MR) is 50.4 cm³/mol. The molecule has 13 heavy (non-hydrogen) atoms. The highest BCUT2D eigenvalue weighted by Gasteiger charge is 2.12. The third-order valence-corrected chi connectivity index (χ3v) is 2.30. The molecule has 1 heterocycles. The van der Waals surface area contributed by atoms with Crippen LogP contribution in [0.1, 0.15) is 11.7 Å². The number of nitrogens with one attached hydrogen (secondary N) is 2. The fourth-order valence-corrected chi connectivity index (χ4v) is 1.38. The van der Waals surface area contributed by atoms with E-state index in [9.17, 15) is 0 Å². The van der Waals surface area contributed by atoms with Crippen molar-refractivity contribution in [3.05, 3.63) is 29.8 Å². The maximum absolute atomic E-state index is 5.40. The van der Waals surface area contributed by atoms with Gasteiger partial charge < -0.3 is 0 Å². The Balaban J connectivity index is 2.17. The molecule has 6 heteroatoms. The Morgan fingerprint density at radius 3 is 2.62 bits per heavy atom. The first-order chi connectivity index (χ1) is 6.40. The standard InChI is InChI=1S/C7H9N5S/c8-13-6-3-1-5(2-4-6)7-9-11-12-10-7/h1-4,7H,8H2,(H,9,12)(H,10,11). The normalized spacial score (nSPS) is 20.2. The summed E-state index contributed by atoms with van der Waals surface area (Å²) in [6.45, 7) is 0. The topological polar surface area (TPSA) is 74.8 Å². The lowest BCUT2D eigenvalue weighted by Gasteiger charge is -2.05. The SMILES string of the molecule is NSc1ccc(C2N=NNN2)cc1. The smallest absolute Gasteiger partial charge is 0.166 e. The Labute approximate surface area is 79.9 Å². The molecule has 0 aliphatic carbocycles. The molecule has 1 aliphatic rings. The lowest BCUT2D eigenvalue weighted by atomic mass is 10.2. The molecule has 0 fully saturated rings. The van der Waals surface area contributed by atoms with Crippen molar-refractivity contribution in [3.63, 3.8) is 0 Å². The summed E-state index contributed by atoms with van der Waals surface area (Å²) in [7, 11) is 0.